The molecule has 1 heterocycles. The number of aryl methyl sites for hydroxylation is 3. The predicted octanol–water partition coefficient (Wildman–Crippen LogP) is 5.27. The first-order valence-corrected chi connectivity index (χ1v) is 9.85. The van der Waals surface area contributed by atoms with E-state index in [1.807, 2.05) is 6.07 Å². The Morgan fingerprint density at radius 3 is 2.33 bits per heavy atom. The molecule has 136 valence electrons. The Morgan fingerprint density at radius 2 is 1.59 bits per heavy atom. The fourth-order valence-electron chi connectivity index (χ4n) is 3.94. The molecule has 0 aromatic heterocycles. The molecule has 0 bridgehead atoms. The minimum atomic E-state index is 0.901. The summed E-state index contributed by atoms with van der Waals surface area (Å²) in [5.41, 5.74) is 7.71. The first-order valence-electron chi connectivity index (χ1n) is 9.85. The lowest BCUT2D eigenvalue weighted by atomic mass is 9.88. The fraction of sp³-hybridized carbons (Fsp3) is 0.231. The van der Waals surface area contributed by atoms with Crippen LogP contribution >= 0.6 is 0 Å². The summed E-state index contributed by atoms with van der Waals surface area (Å²) in [5, 5.41) is 2.12. The normalized spacial score (nSPS) is 12.3. The Hall–Kier alpha value is -2.80. The number of hydrogen-bond acceptors (Lipinski definition) is 1. The van der Waals surface area contributed by atoms with Crippen LogP contribution in [0.3, 0.4) is 0 Å². The summed E-state index contributed by atoms with van der Waals surface area (Å²) in [6.45, 7) is 10.7. The number of ether oxygens (including phenoxy) is 1. The largest absolute Gasteiger partial charge is 0.456 e. The van der Waals surface area contributed by atoms with Crippen molar-refractivity contribution in [2.45, 2.75) is 40.0 Å². The molecule has 4 rings (SSSR count). The van der Waals surface area contributed by atoms with Crippen molar-refractivity contribution in [3.05, 3.63) is 92.9 Å². The van der Waals surface area contributed by atoms with Crippen LogP contribution in [0.25, 0.3) is 12.2 Å². The van der Waals surface area contributed by atoms with Crippen molar-refractivity contribution in [3.8, 4) is 11.5 Å². The van der Waals surface area contributed by atoms with Gasteiger partial charge in [-0.25, -0.2) is 0 Å². The lowest BCUT2D eigenvalue weighted by Gasteiger charge is -2.23. The van der Waals surface area contributed by atoms with Crippen molar-refractivity contribution in [2.24, 2.45) is 0 Å². The van der Waals surface area contributed by atoms with E-state index < -0.39 is 0 Å². The number of benzene rings is 3. The predicted molar refractivity (Wildman–Crippen MR) is 114 cm³/mol. The standard InChI is InChI=1S/C26H26O/c1-5-7-20-10-13-23-25(16-20)27-24-14-17(3)8-11-22(24)26(23)21-12-9-19(6-2)15-18(21)4/h8-16H,3,5-7H2,1-2,4H3. The molecule has 0 atom stereocenters. The Kier molecular flexibility index (Phi) is 4.61. The van der Waals surface area contributed by atoms with Gasteiger partial charge in [-0.15, -0.1) is 0 Å². The maximum atomic E-state index is 6.32. The maximum absolute atomic E-state index is 6.32. The third kappa shape index (κ3) is 3.19. The van der Waals surface area contributed by atoms with Gasteiger partial charge in [0.15, 0.2) is 0 Å². The zero-order chi connectivity index (χ0) is 19.0. The molecule has 0 saturated carbocycles. The van der Waals surface area contributed by atoms with Gasteiger partial charge in [-0.05, 0) is 59.4 Å². The van der Waals surface area contributed by atoms with E-state index in [2.05, 4.69) is 75.9 Å². The summed E-state index contributed by atoms with van der Waals surface area (Å²) in [5.74, 6) is 1.85. The molecule has 1 aliphatic rings. The van der Waals surface area contributed by atoms with Crippen molar-refractivity contribution in [3.63, 3.8) is 0 Å². The van der Waals surface area contributed by atoms with E-state index >= 15 is 0 Å². The van der Waals surface area contributed by atoms with E-state index in [0.717, 1.165) is 41.2 Å². The second kappa shape index (κ2) is 7.08. The third-order valence-electron chi connectivity index (χ3n) is 5.36. The van der Waals surface area contributed by atoms with Crippen molar-refractivity contribution < 1.29 is 4.74 Å². The molecule has 0 N–H and O–H groups in total. The summed E-state index contributed by atoms with van der Waals surface area (Å²) < 4.78 is 6.32. The molecule has 1 heteroatoms. The molecule has 3 aromatic rings. The topological polar surface area (TPSA) is 9.23 Å². The summed E-state index contributed by atoms with van der Waals surface area (Å²) in [6.07, 6.45) is 3.25. The third-order valence-corrected chi connectivity index (χ3v) is 5.36. The van der Waals surface area contributed by atoms with Gasteiger partial charge in [0.25, 0.3) is 0 Å². The fourth-order valence-corrected chi connectivity index (χ4v) is 3.94. The quantitative estimate of drug-likeness (QED) is 0.485. The molecular formula is C26H26O. The summed E-state index contributed by atoms with van der Waals surface area (Å²) in [6, 6.07) is 19.7. The van der Waals surface area contributed by atoms with Crippen molar-refractivity contribution in [1.82, 2.24) is 0 Å². The van der Waals surface area contributed by atoms with Crippen LogP contribution in [0.4, 0.5) is 0 Å². The van der Waals surface area contributed by atoms with Crippen LogP contribution in [-0.4, -0.2) is 0 Å². The molecule has 0 unspecified atom stereocenters. The van der Waals surface area contributed by atoms with Crippen LogP contribution in [0, 0.1) is 6.92 Å². The smallest absolute Gasteiger partial charge is 0.135 e. The van der Waals surface area contributed by atoms with Gasteiger partial charge in [-0.3, -0.25) is 0 Å². The van der Waals surface area contributed by atoms with E-state index in [1.165, 1.54) is 33.4 Å². The summed E-state index contributed by atoms with van der Waals surface area (Å²) in [4.78, 5) is 0. The van der Waals surface area contributed by atoms with Crippen LogP contribution in [0.15, 0.2) is 54.6 Å². The van der Waals surface area contributed by atoms with E-state index in [9.17, 15) is 0 Å². The van der Waals surface area contributed by atoms with Gasteiger partial charge >= 0.3 is 0 Å². The zero-order valence-corrected chi connectivity index (χ0v) is 16.4. The maximum Gasteiger partial charge on any atom is 0.135 e. The van der Waals surface area contributed by atoms with E-state index in [0.29, 0.717) is 0 Å². The Morgan fingerprint density at radius 1 is 0.815 bits per heavy atom. The van der Waals surface area contributed by atoms with Gasteiger partial charge in [0, 0.05) is 16.4 Å². The molecule has 0 radical (unpaired) electrons. The van der Waals surface area contributed by atoms with Gasteiger partial charge in [-0.2, -0.15) is 0 Å². The molecule has 1 nitrogen and oxygen atoms in total. The molecular weight excluding hydrogens is 328 g/mol. The second-order valence-electron chi connectivity index (χ2n) is 7.39. The minimum absolute atomic E-state index is 0.901. The molecule has 27 heavy (non-hydrogen) atoms. The van der Waals surface area contributed by atoms with Gasteiger partial charge in [0.05, 0.1) is 0 Å². The molecule has 0 fully saturated rings. The van der Waals surface area contributed by atoms with Crippen LogP contribution in [0.2, 0.25) is 0 Å². The van der Waals surface area contributed by atoms with E-state index in [4.69, 9.17) is 4.74 Å². The van der Waals surface area contributed by atoms with Crippen LogP contribution in [0.1, 0.15) is 48.1 Å². The first-order chi connectivity index (χ1) is 13.1. The van der Waals surface area contributed by atoms with Crippen LogP contribution in [0.5, 0.6) is 11.5 Å². The molecule has 3 aromatic carbocycles. The van der Waals surface area contributed by atoms with Gasteiger partial charge in [0.2, 0.25) is 0 Å². The summed E-state index contributed by atoms with van der Waals surface area (Å²) >= 11 is 0. The molecule has 0 aliphatic carbocycles. The highest BCUT2D eigenvalue weighted by Gasteiger charge is 2.21. The first kappa shape index (κ1) is 17.6. The molecule has 0 amide bonds. The molecule has 0 saturated heterocycles. The van der Waals surface area contributed by atoms with E-state index in [-0.39, 0.29) is 0 Å². The van der Waals surface area contributed by atoms with E-state index in [1.54, 1.807) is 0 Å². The Balaban J connectivity index is 2.02. The van der Waals surface area contributed by atoms with Crippen LogP contribution in [-0.2, 0) is 12.8 Å². The summed E-state index contributed by atoms with van der Waals surface area (Å²) in [7, 11) is 0. The number of hydrogen-bond donors (Lipinski definition) is 0. The Bertz CT molecular complexity index is 1120. The highest BCUT2D eigenvalue weighted by Crippen LogP contribution is 2.37. The average molecular weight is 354 g/mol. The molecule has 1 aliphatic heterocycles. The van der Waals surface area contributed by atoms with Gasteiger partial charge < -0.3 is 4.74 Å². The van der Waals surface area contributed by atoms with Crippen molar-refractivity contribution in [1.29, 1.82) is 0 Å². The monoisotopic (exact) mass is 354 g/mol. The van der Waals surface area contributed by atoms with Crippen molar-refractivity contribution in [2.75, 3.05) is 0 Å². The lowest BCUT2D eigenvalue weighted by Crippen LogP contribution is -2.20. The average Bonchev–Trinajstić information content (AvgIpc) is 2.66. The highest BCUT2D eigenvalue weighted by atomic mass is 16.5. The molecule has 0 spiro atoms. The minimum Gasteiger partial charge on any atom is -0.456 e. The van der Waals surface area contributed by atoms with Gasteiger partial charge in [0.1, 0.15) is 11.5 Å². The highest BCUT2D eigenvalue weighted by molar-refractivity contribution is 5.86. The number of fused-ring (bicyclic) bond motifs is 2. The lowest BCUT2D eigenvalue weighted by molar-refractivity contribution is 0.471. The van der Waals surface area contributed by atoms with Crippen LogP contribution < -0.4 is 15.2 Å². The number of rotatable bonds is 4. The van der Waals surface area contributed by atoms with Crippen molar-refractivity contribution >= 4 is 12.2 Å². The SMILES string of the molecule is C=c1ccc2c(c1)Oc1cc(CCC)ccc1C=2c1ccc(CC)cc1C. The van der Waals surface area contributed by atoms with Gasteiger partial charge in [-0.1, -0.05) is 69.3 Å². The zero-order valence-electron chi connectivity index (χ0n) is 16.4. The Labute approximate surface area is 161 Å². The second-order valence-corrected chi connectivity index (χ2v) is 7.39.